The van der Waals surface area contributed by atoms with E-state index in [1.54, 1.807) is 0 Å². The van der Waals surface area contributed by atoms with Gasteiger partial charge in [0.05, 0.1) is 19.3 Å². The number of barbiturate groups is 1. The van der Waals surface area contributed by atoms with Crippen LogP contribution in [0, 0.1) is 0 Å². The van der Waals surface area contributed by atoms with E-state index in [0.717, 1.165) is 9.80 Å². The van der Waals surface area contributed by atoms with Crippen molar-refractivity contribution in [2.24, 2.45) is 4.99 Å². The summed E-state index contributed by atoms with van der Waals surface area (Å²) in [5.41, 5.74) is -0.494. The number of hydrogen-bond donors (Lipinski definition) is 5. The first kappa shape index (κ1) is 19.4. The summed E-state index contributed by atoms with van der Waals surface area (Å²) in [6.45, 7) is -0.971. The molecule has 2 fully saturated rings. The maximum Gasteiger partial charge on any atom is 0.333 e. The van der Waals surface area contributed by atoms with Gasteiger partial charge in [0.15, 0.2) is 12.0 Å². The first-order valence-electron chi connectivity index (χ1n) is 7.39. The molecule has 5 atom stereocenters. The highest BCUT2D eigenvalue weighted by Crippen LogP contribution is 2.19. The van der Waals surface area contributed by atoms with Crippen molar-refractivity contribution in [2.75, 3.05) is 27.4 Å². The summed E-state index contributed by atoms with van der Waals surface area (Å²) in [4.78, 5) is 40.7. The molecule has 2 rings (SSSR count). The fraction of sp³-hybridized carbons (Fsp3) is 0.692. The zero-order valence-electron chi connectivity index (χ0n) is 13.6. The van der Waals surface area contributed by atoms with Crippen LogP contribution >= 0.6 is 0 Å². The lowest BCUT2D eigenvalue weighted by Gasteiger charge is -2.40. The summed E-state index contributed by atoms with van der Waals surface area (Å²) in [7, 11) is 2.40. The molecule has 0 aromatic carbocycles. The lowest BCUT2D eigenvalue weighted by molar-refractivity contribution is -0.254. The van der Waals surface area contributed by atoms with E-state index in [2.05, 4.69) is 10.3 Å². The van der Waals surface area contributed by atoms with Crippen LogP contribution in [0.2, 0.25) is 0 Å². The van der Waals surface area contributed by atoms with Gasteiger partial charge in [-0.2, -0.15) is 0 Å². The van der Waals surface area contributed by atoms with Gasteiger partial charge < -0.3 is 25.2 Å². The molecule has 2 aliphatic heterocycles. The van der Waals surface area contributed by atoms with Crippen molar-refractivity contribution in [3.8, 4) is 0 Å². The van der Waals surface area contributed by atoms with Gasteiger partial charge in [-0.3, -0.25) is 29.7 Å². The molecule has 0 aromatic rings. The van der Waals surface area contributed by atoms with Gasteiger partial charge in [0.25, 0.3) is 11.8 Å². The first-order chi connectivity index (χ1) is 11.7. The van der Waals surface area contributed by atoms with E-state index in [9.17, 15) is 29.7 Å². The van der Waals surface area contributed by atoms with Gasteiger partial charge in [-0.05, 0) is 0 Å². The average molecular weight is 360 g/mol. The summed E-state index contributed by atoms with van der Waals surface area (Å²) in [6.07, 6.45) is -5.64. The highest BCUT2D eigenvalue weighted by Gasteiger charge is 2.43. The summed E-state index contributed by atoms with van der Waals surface area (Å²) in [5.74, 6) is -1.76. The second kappa shape index (κ2) is 7.51. The third kappa shape index (κ3) is 3.53. The molecule has 5 N–H and O–H groups in total. The molecule has 2 aliphatic rings. The number of aliphatic hydroxyl groups is 4. The number of hydrogen-bond acceptors (Lipinski definition) is 10. The molecule has 0 aromatic heterocycles. The Morgan fingerprint density at radius 2 is 1.64 bits per heavy atom. The molecule has 140 valence electrons. The van der Waals surface area contributed by atoms with Crippen LogP contribution < -0.4 is 5.32 Å². The van der Waals surface area contributed by atoms with Gasteiger partial charge in [-0.15, -0.1) is 0 Å². The molecule has 1 unspecified atom stereocenters. The van der Waals surface area contributed by atoms with Crippen LogP contribution in [-0.4, -0.2) is 112 Å². The minimum atomic E-state index is -1.56. The predicted octanol–water partition coefficient (Wildman–Crippen LogP) is -4.18. The van der Waals surface area contributed by atoms with Gasteiger partial charge in [0, 0.05) is 14.1 Å². The van der Waals surface area contributed by atoms with Crippen LogP contribution in [0.15, 0.2) is 4.99 Å². The summed E-state index contributed by atoms with van der Waals surface area (Å²) in [6, 6.07) is -1.96. The zero-order valence-corrected chi connectivity index (χ0v) is 13.6. The summed E-state index contributed by atoms with van der Waals surface area (Å²) >= 11 is 0. The Hall–Kier alpha value is -1.96. The number of rotatable bonds is 4. The Morgan fingerprint density at radius 3 is 2.16 bits per heavy atom. The molecule has 0 spiro atoms. The topological polar surface area (TPSA) is 172 Å². The highest BCUT2D eigenvalue weighted by atomic mass is 16.6. The molecular weight excluding hydrogens is 340 g/mol. The SMILES string of the molecule is CN1C(=O)C(=NCN[C@H]2C(O)O[C@H](CO)[C@@H](O)[C@@H]2O)C(=O)N(C)C1=O. The van der Waals surface area contributed by atoms with Crippen molar-refractivity contribution in [1.29, 1.82) is 0 Å². The average Bonchev–Trinajstić information content (AvgIpc) is 2.60. The minimum Gasteiger partial charge on any atom is -0.394 e. The largest absolute Gasteiger partial charge is 0.394 e. The van der Waals surface area contributed by atoms with Crippen molar-refractivity contribution in [2.45, 2.75) is 30.6 Å². The van der Waals surface area contributed by atoms with Crippen molar-refractivity contribution in [3.05, 3.63) is 0 Å². The molecule has 2 saturated heterocycles. The summed E-state index contributed by atoms with van der Waals surface area (Å²) < 4.78 is 4.95. The Balaban J connectivity index is 2.05. The molecule has 25 heavy (non-hydrogen) atoms. The number of carbonyl (C=O) groups is 3. The molecule has 4 amide bonds. The number of aliphatic imine (C=N–C) groups is 1. The predicted molar refractivity (Wildman–Crippen MR) is 80.1 cm³/mol. The van der Waals surface area contributed by atoms with Crippen LogP contribution in [0.25, 0.3) is 0 Å². The van der Waals surface area contributed by atoms with Crippen LogP contribution in [0.4, 0.5) is 4.79 Å². The molecule has 12 heteroatoms. The Bertz CT molecular complexity index is 571. The number of imide groups is 2. The third-order valence-corrected chi connectivity index (χ3v) is 4.05. The van der Waals surface area contributed by atoms with E-state index < -0.39 is 60.8 Å². The second-order valence-electron chi connectivity index (χ2n) is 5.63. The number of carbonyl (C=O) groups excluding carboxylic acids is 3. The number of aliphatic hydroxyl groups excluding tert-OH is 4. The van der Waals surface area contributed by atoms with Crippen LogP contribution in [0.1, 0.15) is 0 Å². The van der Waals surface area contributed by atoms with E-state index in [1.807, 2.05) is 0 Å². The van der Waals surface area contributed by atoms with Gasteiger partial charge >= 0.3 is 6.03 Å². The van der Waals surface area contributed by atoms with E-state index in [1.165, 1.54) is 14.1 Å². The molecule has 0 saturated carbocycles. The Morgan fingerprint density at radius 1 is 1.08 bits per heavy atom. The smallest absolute Gasteiger partial charge is 0.333 e. The summed E-state index contributed by atoms with van der Waals surface area (Å²) in [5, 5.41) is 41.1. The van der Waals surface area contributed by atoms with E-state index in [0.29, 0.717) is 0 Å². The molecule has 2 heterocycles. The van der Waals surface area contributed by atoms with Crippen molar-refractivity contribution in [3.63, 3.8) is 0 Å². The Labute approximate surface area is 142 Å². The molecular formula is C13H20N4O8. The number of ether oxygens (including phenoxy) is 1. The lowest BCUT2D eigenvalue weighted by atomic mass is 9.97. The third-order valence-electron chi connectivity index (χ3n) is 4.05. The van der Waals surface area contributed by atoms with Crippen LogP contribution in [-0.2, 0) is 14.3 Å². The Kier molecular flexibility index (Phi) is 5.82. The number of urea groups is 1. The molecule has 12 nitrogen and oxygen atoms in total. The number of nitrogens with zero attached hydrogens (tertiary/aromatic N) is 3. The molecule has 0 bridgehead atoms. The monoisotopic (exact) mass is 360 g/mol. The van der Waals surface area contributed by atoms with Crippen molar-refractivity contribution >= 4 is 23.6 Å². The fourth-order valence-corrected chi connectivity index (χ4v) is 2.49. The van der Waals surface area contributed by atoms with E-state index in [-0.39, 0.29) is 6.67 Å². The van der Waals surface area contributed by atoms with Crippen LogP contribution in [0.5, 0.6) is 0 Å². The van der Waals surface area contributed by atoms with Crippen molar-refractivity contribution < 1.29 is 39.5 Å². The maximum atomic E-state index is 11.9. The molecule has 0 aliphatic carbocycles. The standard InChI is InChI=1S/C13H20N4O8/c1-16-10(21)7(11(22)17(2)13(16)24)15-4-14-6-9(20)8(19)5(3-18)25-12(6)23/h5-6,8-9,12,14,18-20,23H,3-4H2,1-2H3/t5-,6-,8-,9-,12?/m1/s1. The van der Waals surface area contributed by atoms with E-state index in [4.69, 9.17) is 9.84 Å². The first-order valence-corrected chi connectivity index (χ1v) is 7.39. The van der Waals surface area contributed by atoms with Crippen molar-refractivity contribution in [1.82, 2.24) is 15.1 Å². The van der Waals surface area contributed by atoms with Gasteiger partial charge in [-0.25, -0.2) is 4.79 Å². The highest BCUT2D eigenvalue weighted by molar-refractivity contribution is 6.68. The zero-order chi connectivity index (χ0) is 18.9. The van der Waals surface area contributed by atoms with Gasteiger partial charge in [0.2, 0.25) is 0 Å². The molecule has 0 radical (unpaired) electrons. The minimum absolute atomic E-state index is 0.374. The normalized spacial score (nSPS) is 33.9. The van der Waals surface area contributed by atoms with Gasteiger partial charge in [0.1, 0.15) is 18.3 Å². The van der Waals surface area contributed by atoms with Gasteiger partial charge in [-0.1, -0.05) is 0 Å². The quantitative estimate of drug-likeness (QED) is 0.333. The lowest BCUT2D eigenvalue weighted by Crippen LogP contribution is -2.63. The second-order valence-corrected chi connectivity index (χ2v) is 5.63. The number of amides is 4. The van der Waals surface area contributed by atoms with E-state index >= 15 is 0 Å². The van der Waals surface area contributed by atoms with Crippen LogP contribution in [0.3, 0.4) is 0 Å². The fourth-order valence-electron chi connectivity index (χ4n) is 2.49. The maximum absolute atomic E-state index is 11.9. The number of nitrogens with one attached hydrogen (secondary N) is 1.